The molecule has 0 atom stereocenters. The van der Waals surface area contributed by atoms with E-state index in [1.54, 1.807) is 29.8 Å². The average Bonchev–Trinajstić information content (AvgIpc) is 3.09. The minimum absolute atomic E-state index is 0.00537. The molecule has 146 valence electrons. The SMILES string of the molecule is CCOc1cc(C=C(C#N)C(=O)Nc2cc(C)nn2-c2ccccc2)ccc1O. The number of hydrogen-bond donors (Lipinski definition) is 2. The largest absolute Gasteiger partial charge is 0.504 e. The monoisotopic (exact) mass is 388 g/mol. The Labute approximate surface area is 168 Å². The first-order chi connectivity index (χ1) is 14.0. The van der Waals surface area contributed by atoms with E-state index in [0.717, 1.165) is 11.4 Å². The molecule has 0 fully saturated rings. The summed E-state index contributed by atoms with van der Waals surface area (Å²) in [6.45, 7) is 4.00. The van der Waals surface area contributed by atoms with E-state index in [1.807, 2.05) is 43.3 Å². The van der Waals surface area contributed by atoms with Crippen LogP contribution < -0.4 is 10.1 Å². The van der Waals surface area contributed by atoms with E-state index in [1.165, 1.54) is 12.1 Å². The molecule has 3 aromatic rings. The van der Waals surface area contributed by atoms with E-state index in [0.29, 0.717) is 18.0 Å². The molecule has 1 aromatic heterocycles. The Kier molecular flexibility index (Phi) is 5.95. The van der Waals surface area contributed by atoms with Crippen LogP contribution in [0.3, 0.4) is 0 Å². The number of nitrogens with one attached hydrogen (secondary N) is 1. The number of phenols is 1. The number of hydrogen-bond acceptors (Lipinski definition) is 5. The lowest BCUT2D eigenvalue weighted by atomic mass is 10.1. The summed E-state index contributed by atoms with van der Waals surface area (Å²) in [6.07, 6.45) is 1.44. The summed E-state index contributed by atoms with van der Waals surface area (Å²) in [7, 11) is 0. The van der Waals surface area contributed by atoms with Crippen LogP contribution in [-0.4, -0.2) is 27.4 Å². The molecule has 0 aliphatic carbocycles. The van der Waals surface area contributed by atoms with Gasteiger partial charge in [-0.15, -0.1) is 0 Å². The van der Waals surface area contributed by atoms with Crippen LogP contribution in [0.15, 0.2) is 60.2 Å². The maximum absolute atomic E-state index is 12.7. The lowest BCUT2D eigenvalue weighted by Crippen LogP contribution is -2.16. The van der Waals surface area contributed by atoms with E-state index in [9.17, 15) is 15.2 Å². The molecular formula is C22H20N4O3. The Balaban J connectivity index is 1.88. The number of amides is 1. The number of anilines is 1. The van der Waals surface area contributed by atoms with Gasteiger partial charge < -0.3 is 15.2 Å². The van der Waals surface area contributed by atoms with Gasteiger partial charge in [0.05, 0.1) is 18.0 Å². The molecule has 7 nitrogen and oxygen atoms in total. The summed E-state index contributed by atoms with van der Waals surface area (Å²) in [5, 5.41) is 26.4. The normalized spacial score (nSPS) is 11.0. The highest BCUT2D eigenvalue weighted by molar-refractivity contribution is 6.09. The fourth-order valence-corrected chi connectivity index (χ4v) is 2.75. The predicted molar refractivity (Wildman–Crippen MR) is 110 cm³/mol. The number of para-hydroxylation sites is 1. The van der Waals surface area contributed by atoms with Crippen LogP contribution in [0.1, 0.15) is 18.2 Å². The second-order valence-electron chi connectivity index (χ2n) is 6.20. The first-order valence-electron chi connectivity index (χ1n) is 9.03. The van der Waals surface area contributed by atoms with Crippen molar-refractivity contribution in [2.24, 2.45) is 0 Å². The molecule has 1 heterocycles. The molecular weight excluding hydrogens is 368 g/mol. The van der Waals surface area contributed by atoms with Gasteiger partial charge in [-0.05, 0) is 49.8 Å². The van der Waals surface area contributed by atoms with Gasteiger partial charge in [0.1, 0.15) is 17.5 Å². The van der Waals surface area contributed by atoms with E-state index in [4.69, 9.17) is 4.74 Å². The Bertz CT molecular complexity index is 1090. The summed E-state index contributed by atoms with van der Waals surface area (Å²) in [5.74, 6) is 0.183. The number of aromatic nitrogens is 2. The maximum atomic E-state index is 12.7. The summed E-state index contributed by atoms with van der Waals surface area (Å²) in [4.78, 5) is 12.7. The molecule has 0 bridgehead atoms. The van der Waals surface area contributed by atoms with Crippen molar-refractivity contribution in [1.29, 1.82) is 5.26 Å². The molecule has 0 saturated carbocycles. The number of carbonyl (C=O) groups excluding carboxylic acids is 1. The molecule has 29 heavy (non-hydrogen) atoms. The first-order valence-corrected chi connectivity index (χ1v) is 9.03. The highest BCUT2D eigenvalue weighted by Gasteiger charge is 2.15. The smallest absolute Gasteiger partial charge is 0.267 e. The van der Waals surface area contributed by atoms with Gasteiger partial charge >= 0.3 is 0 Å². The number of rotatable bonds is 6. The van der Waals surface area contributed by atoms with Crippen LogP contribution in [0.5, 0.6) is 11.5 Å². The van der Waals surface area contributed by atoms with Gasteiger partial charge in [-0.3, -0.25) is 4.79 Å². The van der Waals surface area contributed by atoms with E-state index in [-0.39, 0.29) is 17.1 Å². The van der Waals surface area contributed by atoms with E-state index in [2.05, 4.69) is 10.4 Å². The number of aryl methyl sites for hydroxylation is 1. The van der Waals surface area contributed by atoms with Crippen molar-refractivity contribution in [3.63, 3.8) is 0 Å². The second-order valence-corrected chi connectivity index (χ2v) is 6.20. The van der Waals surface area contributed by atoms with Crippen LogP contribution in [0, 0.1) is 18.3 Å². The van der Waals surface area contributed by atoms with Gasteiger partial charge in [0, 0.05) is 6.07 Å². The van der Waals surface area contributed by atoms with Crippen LogP contribution in [-0.2, 0) is 4.79 Å². The quantitative estimate of drug-likeness (QED) is 0.494. The summed E-state index contributed by atoms with van der Waals surface area (Å²) in [6, 6.07) is 17.7. The first kappa shape index (κ1) is 19.7. The molecule has 0 spiro atoms. The molecule has 0 aliphatic rings. The van der Waals surface area contributed by atoms with Crippen LogP contribution >= 0.6 is 0 Å². The molecule has 0 saturated heterocycles. The fourth-order valence-electron chi connectivity index (χ4n) is 2.75. The van der Waals surface area contributed by atoms with Crippen LogP contribution in [0.4, 0.5) is 5.82 Å². The van der Waals surface area contributed by atoms with Gasteiger partial charge in [0.2, 0.25) is 0 Å². The van der Waals surface area contributed by atoms with Crippen molar-refractivity contribution in [2.45, 2.75) is 13.8 Å². The van der Waals surface area contributed by atoms with Crippen molar-refractivity contribution in [2.75, 3.05) is 11.9 Å². The fraction of sp³-hybridized carbons (Fsp3) is 0.136. The van der Waals surface area contributed by atoms with Gasteiger partial charge in [0.25, 0.3) is 5.91 Å². The Hall–Kier alpha value is -4.05. The highest BCUT2D eigenvalue weighted by atomic mass is 16.5. The van der Waals surface area contributed by atoms with E-state index >= 15 is 0 Å². The molecule has 0 aliphatic heterocycles. The number of phenolic OH excluding ortho intramolecular Hbond substituents is 1. The highest BCUT2D eigenvalue weighted by Crippen LogP contribution is 2.28. The molecule has 7 heteroatoms. The molecule has 2 N–H and O–H groups in total. The van der Waals surface area contributed by atoms with Gasteiger partial charge in [-0.2, -0.15) is 10.4 Å². The third-order valence-corrected chi connectivity index (χ3v) is 4.03. The van der Waals surface area contributed by atoms with Gasteiger partial charge in [-0.1, -0.05) is 24.3 Å². The van der Waals surface area contributed by atoms with Crippen molar-refractivity contribution < 1.29 is 14.6 Å². The van der Waals surface area contributed by atoms with Crippen LogP contribution in [0.2, 0.25) is 0 Å². The third-order valence-electron chi connectivity index (χ3n) is 4.03. The molecule has 2 aromatic carbocycles. The molecule has 0 unspecified atom stereocenters. The topological polar surface area (TPSA) is 100 Å². The minimum atomic E-state index is -0.560. The lowest BCUT2D eigenvalue weighted by Gasteiger charge is -2.09. The second kappa shape index (κ2) is 8.76. The predicted octanol–water partition coefficient (Wildman–Crippen LogP) is 3.83. The van der Waals surface area contributed by atoms with Gasteiger partial charge in [0.15, 0.2) is 11.5 Å². The number of ether oxygens (including phenoxy) is 1. The maximum Gasteiger partial charge on any atom is 0.267 e. The number of benzene rings is 2. The summed E-state index contributed by atoms with van der Waals surface area (Å²) >= 11 is 0. The minimum Gasteiger partial charge on any atom is -0.504 e. The molecule has 1 amide bonds. The Morgan fingerprint density at radius 1 is 1.28 bits per heavy atom. The van der Waals surface area contributed by atoms with E-state index < -0.39 is 5.91 Å². The van der Waals surface area contributed by atoms with Crippen molar-refractivity contribution in [3.05, 3.63) is 71.4 Å². The standard InChI is InChI=1S/C22H20N4O3/c1-3-29-20-13-16(9-10-19(20)27)12-17(14-23)22(28)24-21-11-15(2)25-26(21)18-7-5-4-6-8-18/h4-13,27H,3H2,1-2H3,(H,24,28). The number of nitrogens with zero attached hydrogens (tertiary/aromatic N) is 3. The third kappa shape index (κ3) is 4.62. The molecule has 3 rings (SSSR count). The van der Waals surface area contributed by atoms with Crippen molar-refractivity contribution >= 4 is 17.8 Å². The number of nitriles is 1. The van der Waals surface area contributed by atoms with Crippen LogP contribution in [0.25, 0.3) is 11.8 Å². The van der Waals surface area contributed by atoms with Crippen molar-refractivity contribution in [3.8, 4) is 23.3 Å². The molecule has 0 radical (unpaired) electrons. The lowest BCUT2D eigenvalue weighted by molar-refractivity contribution is -0.112. The average molecular weight is 388 g/mol. The zero-order valence-corrected chi connectivity index (χ0v) is 16.1. The Morgan fingerprint density at radius 3 is 2.72 bits per heavy atom. The summed E-state index contributed by atoms with van der Waals surface area (Å²) in [5.41, 5.74) is 1.99. The Morgan fingerprint density at radius 2 is 2.03 bits per heavy atom. The zero-order chi connectivity index (χ0) is 20.8. The zero-order valence-electron chi connectivity index (χ0n) is 16.1. The van der Waals surface area contributed by atoms with Crippen molar-refractivity contribution in [1.82, 2.24) is 9.78 Å². The number of carbonyl (C=O) groups is 1. The summed E-state index contributed by atoms with van der Waals surface area (Å²) < 4.78 is 6.95. The van der Waals surface area contributed by atoms with Gasteiger partial charge in [-0.25, -0.2) is 4.68 Å². The number of aromatic hydroxyl groups is 1.